The van der Waals surface area contributed by atoms with Crippen molar-refractivity contribution in [2.75, 3.05) is 26.8 Å². The largest absolute Gasteiger partial charge is 0.383 e. The van der Waals surface area contributed by atoms with Gasteiger partial charge < -0.3 is 9.64 Å². The average Bonchev–Trinajstić information content (AvgIpc) is 2.43. The molecule has 2 rings (SSSR count). The molecule has 0 bridgehead atoms. The maximum atomic E-state index is 5.54. The van der Waals surface area contributed by atoms with Crippen LogP contribution in [0.5, 0.6) is 0 Å². The molecule has 98 valence electrons. The van der Waals surface area contributed by atoms with Gasteiger partial charge in [-0.3, -0.25) is 5.43 Å². The summed E-state index contributed by atoms with van der Waals surface area (Å²) in [5, 5.41) is 0. The summed E-state index contributed by atoms with van der Waals surface area (Å²) in [6.45, 7) is 3.02. The number of fused-ring (bicyclic) bond motifs is 1. The fourth-order valence-corrected chi connectivity index (χ4v) is 2.16. The van der Waals surface area contributed by atoms with Crippen molar-refractivity contribution in [3.63, 3.8) is 0 Å². The van der Waals surface area contributed by atoms with E-state index in [1.807, 2.05) is 0 Å². The Kier molecular flexibility index (Phi) is 4.55. The molecular formula is C13H20N4O. The maximum Gasteiger partial charge on any atom is 0.208 e. The van der Waals surface area contributed by atoms with Crippen LogP contribution in [0, 0.1) is 0 Å². The lowest BCUT2D eigenvalue weighted by Gasteiger charge is -2.30. The van der Waals surface area contributed by atoms with Crippen molar-refractivity contribution >= 4 is 5.96 Å². The summed E-state index contributed by atoms with van der Waals surface area (Å²) in [5.41, 5.74) is 5.45. The monoisotopic (exact) mass is 248 g/mol. The lowest BCUT2D eigenvalue weighted by molar-refractivity contribution is 0.207. The molecule has 0 aliphatic carbocycles. The molecule has 1 aliphatic heterocycles. The van der Waals surface area contributed by atoms with Crippen LogP contribution >= 0.6 is 0 Å². The Morgan fingerprint density at radius 2 is 2.22 bits per heavy atom. The average molecular weight is 248 g/mol. The summed E-state index contributed by atoms with van der Waals surface area (Å²) in [6.07, 6.45) is 1.03. The smallest absolute Gasteiger partial charge is 0.208 e. The third kappa shape index (κ3) is 3.00. The molecule has 0 aromatic heterocycles. The Labute approximate surface area is 108 Å². The highest BCUT2D eigenvalue weighted by Gasteiger charge is 2.18. The first-order valence-electron chi connectivity index (χ1n) is 6.17. The Bertz CT molecular complexity index is 419. The number of nitrogens with two attached hydrogens (primary N) is 1. The normalized spacial score (nSPS) is 15.4. The molecule has 1 aromatic rings. The highest BCUT2D eigenvalue weighted by atomic mass is 16.5. The molecule has 0 unspecified atom stereocenters. The van der Waals surface area contributed by atoms with Crippen molar-refractivity contribution in [3.05, 3.63) is 35.4 Å². The second-order valence-electron chi connectivity index (χ2n) is 4.28. The zero-order valence-corrected chi connectivity index (χ0v) is 10.7. The molecule has 1 aliphatic rings. The van der Waals surface area contributed by atoms with Crippen molar-refractivity contribution < 1.29 is 4.74 Å². The Hall–Kier alpha value is -1.59. The van der Waals surface area contributed by atoms with Crippen LogP contribution in [0.2, 0.25) is 0 Å². The van der Waals surface area contributed by atoms with Crippen molar-refractivity contribution in [1.29, 1.82) is 0 Å². The van der Waals surface area contributed by atoms with Gasteiger partial charge in [-0.1, -0.05) is 24.3 Å². The van der Waals surface area contributed by atoms with E-state index in [1.54, 1.807) is 7.11 Å². The van der Waals surface area contributed by atoms with E-state index >= 15 is 0 Å². The fraction of sp³-hybridized carbons (Fsp3) is 0.462. The molecule has 0 radical (unpaired) electrons. The van der Waals surface area contributed by atoms with E-state index < -0.39 is 0 Å². The zero-order chi connectivity index (χ0) is 12.8. The summed E-state index contributed by atoms with van der Waals surface area (Å²) in [6, 6.07) is 8.50. The number of benzene rings is 1. The van der Waals surface area contributed by atoms with E-state index in [4.69, 9.17) is 10.6 Å². The summed E-state index contributed by atoms with van der Waals surface area (Å²) >= 11 is 0. The van der Waals surface area contributed by atoms with Gasteiger partial charge in [-0.15, -0.1) is 0 Å². The van der Waals surface area contributed by atoms with Crippen LogP contribution in [0.3, 0.4) is 0 Å². The van der Waals surface area contributed by atoms with Gasteiger partial charge in [0.05, 0.1) is 13.2 Å². The number of aliphatic imine (C=N–C) groups is 1. The first-order valence-corrected chi connectivity index (χ1v) is 6.17. The molecule has 5 heteroatoms. The number of hydrogen-bond acceptors (Lipinski definition) is 3. The van der Waals surface area contributed by atoms with Crippen LogP contribution in [0.4, 0.5) is 0 Å². The van der Waals surface area contributed by atoms with Crippen LogP contribution < -0.4 is 11.3 Å². The van der Waals surface area contributed by atoms with Gasteiger partial charge in [0, 0.05) is 20.2 Å². The highest BCUT2D eigenvalue weighted by Crippen LogP contribution is 2.18. The van der Waals surface area contributed by atoms with Gasteiger partial charge in [0.1, 0.15) is 0 Å². The second-order valence-corrected chi connectivity index (χ2v) is 4.28. The topological polar surface area (TPSA) is 62.9 Å². The SMILES string of the molecule is COCCN=C(NN)N1CCc2ccccc2C1. The Morgan fingerprint density at radius 3 is 2.94 bits per heavy atom. The number of hydrogen-bond donors (Lipinski definition) is 2. The van der Waals surface area contributed by atoms with Gasteiger partial charge in [-0.05, 0) is 17.5 Å². The van der Waals surface area contributed by atoms with Gasteiger partial charge in [0.25, 0.3) is 0 Å². The quantitative estimate of drug-likeness (QED) is 0.269. The summed E-state index contributed by atoms with van der Waals surface area (Å²) in [7, 11) is 1.67. The van der Waals surface area contributed by atoms with Crippen LogP contribution in [-0.2, 0) is 17.7 Å². The molecule has 0 saturated carbocycles. The van der Waals surface area contributed by atoms with Gasteiger partial charge in [0.15, 0.2) is 0 Å². The molecule has 0 spiro atoms. The minimum Gasteiger partial charge on any atom is -0.383 e. The molecule has 1 aromatic carbocycles. The second kappa shape index (κ2) is 6.37. The third-order valence-electron chi connectivity index (χ3n) is 3.12. The molecule has 18 heavy (non-hydrogen) atoms. The predicted octanol–water partition coefficient (Wildman–Crippen LogP) is 0.510. The van der Waals surface area contributed by atoms with Gasteiger partial charge >= 0.3 is 0 Å². The number of nitrogens with zero attached hydrogens (tertiary/aromatic N) is 2. The molecule has 0 atom stereocenters. The summed E-state index contributed by atoms with van der Waals surface area (Å²) in [5.74, 6) is 6.28. The molecule has 0 saturated heterocycles. The molecule has 0 fully saturated rings. The van der Waals surface area contributed by atoms with Gasteiger partial charge in [-0.25, -0.2) is 10.8 Å². The van der Waals surface area contributed by atoms with E-state index in [1.165, 1.54) is 11.1 Å². The van der Waals surface area contributed by atoms with Crippen molar-refractivity contribution in [2.45, 2.75) is 13.0 Å². The molecular weight excluding hydrogens is 228 g/mol. The number of rotatable bonds is 3. The lowest BCUT2D eigenvalue weighted by Crippen LogP contribution is -2.47. The summed E-state index contributed by atoms with van der Waals surface area (Å²) in [4.78, 5) is 6.57. The zero-order valence-electron chi connectivity index (χ0n) is 10.7. The van der Waals surface area contributed by atoms with Gasteiger partial charge in [-0.2, -0.15) is 0 Å². The highest BCUT2D eigenvalue weighted by molar-refractivity contribution is 5.79. The maximum absolute atomic E-state index is 5.54. The molecule has 5 nitrogen and oxygen atoms in total. The number of ether oxygens (including phenoxy) is 1. The summed E-state index contributed by atoms with van der Waals surface area (Å²) < 4.78 is 4.99. The minimum atomic E-state index is 0.607. The lowest BCUT2D eigenvalue weighted by atomic mass is 10.0. The molecule has 3 N–H and O–H groups in total. The number of hydrazine groups is 1. The van der Waals surface area contributed by atoms with Crippen molar-refractivity contribution in [2.24, 2.45) is 10.8 Å². The van der Waals surface area contributed by atoms with Crippen LogP contribution in [0.15, 0.2) is 29.3 Å². The van der Waals surface area contributed by atoms with E-state index in [-0.39, 0.29) is 0 Å². The third-order valence-corrected chi connectivity index (χ3v) is 3.12. The molecule has 1 heterocycles. The van der Waals surface area contributed by atoms with E-state index in [9.17, 15) is 0 Å². The van der Waals surface area contributed by atoms with Crippen LogP contribution in [-0.4, -0.2) is 37.7 Å². The minimum absolute atomic E-state index is 0.607. The van der Waals surface area contributed by atoms with E-state index in [0.717, 1.165) is 25.5 Å². The number of guanidine groups is 1. The van der Waals surface area contributed by atoms with Crippen LogP contribution in [0.1, 0.15) is 11.1 Å². The Balaban J connectivity index is 2.04. The van der Waals surface area contributed by atoms with E-state index in [0.29, 0.717) is 13.2 Å². The van der Waals surface area contributed by atoms with Crippen LogP contribution in [0.25, 0.3) is 0 Å². The fourth-order valence-electron chi connectivity index (χ4n) is 2.16. The number of methoxy groups -OCH3 is 1. The van der Waals surface area contributed by atoms with E-state index in [2.05, 4.69) is 39.6 Å². The Morgan fingerprint density at radius 1 is 1.44 bits per heavy atom. The van der Waals surface area contributed by atoms with Crippen molar-refractivity contribution in [3.8, 4) is 0 Å². The predicted molar refractivity (Wildman–Crippen MR) is 72.1 cm³/mol. The standard InChI is InChI=1S/C13H20N4O/c1-18-9-7-15-13(16-14)17-8-6-11-4-2-3-5-12(11)10-17/h2-5H,6-10,14H2,1H3,(H,15,16). The van der Waals surface area contributed by atoms with Crippen molar-refractivity contribution in [1.82, 2.24) is 10.3 Å². The first-order chi connectivity index (χ1) is 8.85. The van der Waals surface area contributed by atoms with Gasteiger partial charge in [0.2, 0.25) is 5.96 Å². The molecule has 0 amide bonds. The first kappa shape index (κ1) is 12.9. The number of nitrogens with one attached hydrogen (secondary N) is 1.